The molecule has 5 rings (SSSR count). The van der Waals surface area contributed by atoms with Gasteiger partial charge < -0.3 is 25.2 Å². The third-order valence-corrected chi connectivity index (χ3v) is 10.2. The van der Waals surface area contributed by atoms with Gasteiger partial charge >= 0.3 is 0 Å². The summed E-state index contributed by atoms with van der Waals surface area (Å²) in [6, 6.07) is 0. The van der Waals surface area contributed by atoms with E-state index in [4.69, 9.17) is 4.74 Å². The molecular formula is C25H38O6. The van der Waals surface area contributed by atoms with Crippen molar-refractivity contribution in [1.29, 1.82) is 0 Å². The third-order valence-electron chi connectivity index (χ3n) is 10.2. The molecule has 4 aliphatic carbocycles. The lowest BCUT2D eigenvalue weighted by molar-refractivity contribution is -0.243. The number of hydrogen-bond donors (Lipinski definition) is 4. The lowest BCUT2D eigenvalue weighted by Gasteiger charge is -2.57. The Bertz CT molecular complexity index is 763. The Hall–Kier alpha value is -0.790. The van der Waals surface area contributed by atoms with Crippen LogP contribution in [0.5, 0.6) is 0 Å². The molecule has 0 aromatic carbocycles. The summed E-state index contributed by atoms with van der Waals surface area (Å²) in [5.74, 6) is 2.23. The van der Waals surface area contributed by atoms with Crippen LogP contribution in [0, 0.1) is 34.5 Å². The average Bonchev–Trinajstić information content (AvgIpc) is 3.06. The summed E-state index contributed by atoms with van der Waals surface area (Å²) < 4.78 is 5.90. The number of Topliss-reactive ketones (excluding diaryl/α,β-unsaturated/α-hetero) is 1. The normalized spacial score (nSPS) is 54.6. The molecule has 4 N–H and O–H groups in total. The molecule has 0 radical (unpaired) electrons. The molecule has 6 nitrogen and oxygen atoms in total. The SMILES string of the molecule is C[C@]12CC[C@H]([C@@H]3O[C@H](CO)[C@@H](O)[C@H](O)[C@H]3O)CC1=CC[C@@H]1[C@@H]2CC[C@]2(C)C(=O)CC[C@@H]12. The molecule has 0 aromatic rings. The number of aliphatic hydroxyl groups is 4. The number of rotatable bonds is 2. The molecular weight excluding hydrogens is 396 g/mol. The molecule has 0 bridgehead atoms. The van der Waals surface area contributed by atoms with Crippen LogP contribution >= 0.6 is 0 Å². The van der Waals surface area contributed by atoms with Crippen LogP contribution in [0.1, 0.15) is 65.2 Å². The van der Waals surface area contributed by atoms with Crippen molar-refractivity contribution in [3.63, 3.8) is 0 Å². The van der Waals surface area contributed by atoms with Crippen molar-refractivity contribution in [3.8, 4) is 0 Å². The molecule has 1 saturated heterocycles. The minimum absolute atomic E-state index is 0.0592. The van der Waals surface area contributed by atoms with Crippen molar-refractivity contribution in [2.75, 3.05) is 6.61 Å². The standard InChI is InChI=1S/C25H38O6/c1-24-9-7-13(23-22(30)21(29)20(28)18(12-26)31-23)11-14(24)3-4-15-16-5-6-19(27)25(16,2)10-8-17(15)24/h3,13,15-18,20-23,26,28-30H,4-12H2,1-2H3/t13-,15-,16-,17-,18+,20+,21-,22+,23-,24-,25-/m0/s1. The molecule has 174 valence electrons. The molecule has 1 aliphatic heterocycles. The van der Waals surface area contributed by atoms with E-state index in [1.165, 1.54) is 5.57 Å². The summed E-state index contributed by atoms with van der Waals surface area (Å²) in [6.07, 6.45) is 4.91. The van der Waals surface area contributed by atoms with Crippen molar-refractivity contribution in [1.82, 2.24) is 0 Å². The highest BCUT2D eigenvalue weighted by atomic mass is 16.5. The fourth-order valence-corrected chi connectivity index (χ4v) is 8.26. The highest BCUT2D eigenvalue weighted by Crippen LogP contribution is 2.64. The van der Waals surface area contributed by atoms with Gasteiger partial charge in [-0.2, -0.15) is 0 Å². The predicted molar refractivity (Wildman–Crippen MR) is 114 cm³/mol. The summed E-state index contributed by atoms with van der Waals surface area (Å²) in [5.41, 5.74) is 1.45. The van der Waals surface area contributed by atoms with E-state index in [0.29, 0.717) is 23.5 Å². The lowest BCUT2D eigenvalue weighted by atomic mass is 9.47. The van der Waals surface area contributed by atoms with Crippen molar-refractivity contribution in [2.45, 2.75) is 95.7 Å². The Kier molecular flexibility index (Phi) is 5.42. The molecule has 11 atom stereocenters. The van der Waals surface area contributed by atoms with Crippen molar-refractivity contribution < 1.29 is 30.0 Å². The fourth-order valence-electron chi connectivity index (χ4n) is 8.26. The Labute approximate surface area is 184 Å². The topological polar surface area (TPSA) is 107 Å². The molecule has 0 unspecified atom stereocenters. The molecule has 0 aromatic heterocycles. The van der Waals surface area contributed by atoms with Gasteiger partial charge in [-0.1, -0.05) is 25.5 Å². The maximum Gasteiger partial charge on any atom is 0.139 e. The summed E-state index contributed by atoms with van der Waals surface area (Å²) in [6.45, 7) is 4.23. The van der Waals surface area contributed by atoms with Gasteiger partial charge in [0.25, 0.3) is 0 Å². The van der Waals surface area contributed by atoms with Crippen LogP contribution in [0.25, 0.3) is 0 Å². The Morgan fingerprint density at radius 2 is 1.71 bits per heavy atom. The first kappa shape index (κ1) is 22.0. The van der Waals surface area contributed by atoms with Crippen LogP contribution in [-0.4, -0.2) is 63.3 Å². The number of allylic oxidation sites excluding steroid dienone is 2. The molecule has 0 spiro atoms. The molecule has 5 aliphatic rings. The molecule has 1 heterocycles. The first-order valence-corrected chi connectivity index (χ1v) is 12.2. The Morgan fingerprint density at radius 3 is 2.45 bits per heavy atom. The smallest absolute Gasteiger partial charge is 0.139 e. The van der Waals surface area contributed by atoms with Crippen LogP contribution < -0.4 is 0 Å². The van der Waals surface area contributed by atoms with Crippen LogP contribution in [-0.2, 0) is 9.53 Å². The number of ether oxygens (including phenoxy) is 1. The minimum Gasteiger partial charge on any atom is -0.394 e. The van der Waals surface area contributed by atoms with E-state index >= 15 is 0 Å². The van der Waals surface area contributed by atoms with E-state index in [2.05, 4.69) is 19.9 Å². The average molecular weight is 435 g/mol. The van der Waals surface area contributed by atoms with Crippen LogP contribution in [0.15, 0.2) is 11.6 Å². The van der Waals surface area contributed by atoms with Crippen molar-refractivity contribution >= 4 is 5.78 Å². The third kappa shape index (κ3) is 3.12. The van der Waals surface area contributed by atoms with E-state index in [9.17, 15) is 25.2 Å². The van der Waals surface area contributed by atoms with Crippen LogP contribution in [0.3, 0.4) is 0 Å². The zero-order valence-corrected chi connectivity index (χ0v) is 18.7. The van der Waals surface area contributed by atoms with Crippen LogP contribution in [0.2, 0.25) is 0 Å². The van der Waals surface area contributed by atoms with Gasteiger partial charge in [0.2, 0.25) is 0 Å². The number of aliphatic hydroxyl groups excluding tert-OH is 4. The van der Waals surface area contributed by atoms with Gasteiger partial charge in [0.1, 0.15) is 30.2 Å². The Balaban J connectivity index is 1.36. The highest BCUT2D eigenvalue weighted by Gasteiger charge is 2.59. The summed E-state index contributed by atoms with van der Waals surface area (Å²) >= 11 is 0. The first-order valence-electron chi connectivity index (χ1n) is 12.2. The molecule has 6 heteroatoms. The summed E-state index contributed by atoms with van der Waals surface area (Å²) in [4.78, 5) is 12.6. The van der Waals surface area contributed by atoms with Crippen LogP contribution in [0.4, 0.5) is 0 Å². The first-order chi connectivity index (χ1) is 14.7. The number of carbonyl (C=O) groups is 1. The Morgan fingerprint density at radius 1 is 1.00 bits per heavy atom. The maximum atomic E-state index is 12.6. The van der Waals surface area contributed by atoms with Gasteiger partial charge in [-0.05, 0) is 74.0 Å². The molecule has 0 amide bonds. The van der Waals surface area contributed by atoms with Crippen molar-refractivity contribution in [3.05, 3.63) is 11.6 Å². The van der Waals surface area contributed by atoms with Gasteiger partial charge in [0.05, 0.1) is 12.7 Å². The monoisotopic (exact) mass is 434 g/mol. The van der Waals surface area contributed by atoms with E-state index in [-0.39, 0.29) is 23.4 Å². The second kappa shape index (κ2) is 7.63. The molecule has 3 saturated carbocycles. The van der Waals surface area contributed by atoms with E-state index < -0.39 is 30.5 Å². The number of carbonyl (C=O) groups excluding carboxylic acids is 1. The zero-order chi connectivity index (χ0) is 22.1. The molecule has 4 fully saturated rings. The largest absolute Gasteiger partial charge is 0.394 e. The number of hydrogen-bond acceptors (Lipinski definition) is 6. The highest BCUT2D eigenvalue weighted by molar-refractivity contribution is 5.87. The fraction of sp³-hybridized carbons (Fsp3) is 0.880. The van der Waals surface area contributed by atoms with Gasteiger partial charge in [-0.25, -0.2) is 0 Å². The number of ketones is 1. The van der Waals surface area contributed by atoms with Gasteiger partial charge in [-0.3, -0.25) is 4.79 Å². The molecule has 31 heavy (non-hydrogen) atoms. The summed E-state index contributed by atoms with van der Waals surface area (Å²) in [5, 5.41) is 40.5. The summed E-state index contributed by atoms with van der Waals surface area (Å²) in [7, 11) is 0. The minimum atomic E-state index is -1.30. The quantitative estimate of drug-likeness (QED) is 0.495. The van der Waals surface area contributed by atoms with E-state index in [0.717, 1.165) is 51.4 Å². The second-order valence-corrected chi connectivity index (χ2v) is 11.5. The van der Waals surface area contributed by atoms with Gasteiger partial charge in [0.15, 0.2) is 0 Å². The van der Waals surface area contributed by atoms with Gasteiger partial charge in [0, 0.05) is 11.8 Å². The maximum absolute atomic E-state index is 12.6. The number of fused-ring (bicyclic) bond motifs is 5. The predicted octanol–water partition coefficient (Wildman–Crippen LogP) is 1.98. The second-order valence-electron chi connectivity index (χ2n) is 11.5. The van der Waals surface area contributed by atoms with Gasteiger partial charge in [-0.15, -0.1) is 0 Å². The zero-order valence-electron chi connectivity index (χ0n) is 18.7. The lowest BCUT2D eigenvalue weighted by Crippen LogP contribution is -2.61. The van der Waals surface area contributed by atoms with E-state index in [1.807, 2.05) is 0 Å². The van der Waals surface area contributed by atoms with Crippen molar-refractivity contribution in [2.24, 2.45) is 34.5 Å². The van der Waals surface area contributed by atoms with E-state index in [1.54, 1.807) is 0 Å².